The number of aromatic amines is 1. The summed E-state index contributed by atoms with van der Waals surface area (Å²) in [7, 11) is 0. The Kier molecular flexibility index (Phi) is 3.19. The zero-order valence-corrected chi connectivity index (χ0v) is 10.1. The van der Waals surface area contributed by atoms with E-state index >= 15 is 0 Å². The van der Waals surface area contributed by atoms with Crippen LogP contribution in [-0.2, 0) is 0 Å². The van der Waals surface area contributed by atoms with E-state index in [0.717, 1.165) is 16.6 Å². The van der Waals surface area contributed by atoms with Crippen LogP contribution in [0, 0.1) is 0 Å². The number of anilines is 2. The Morgan fingerprint density at radius 1 is 1.47 bits per heavy atom. The highest BCUT2D eigenvalue weighted by Gasteiger charge is 2.09. The van der Waals surface area contributed by atoms with Crippen LogP contribution in [0.4, 0.5) is 11.4 Å². The van der Waals surface area contributed by atoms with Crippen LogP contribution in [0.2, 0.25) is 0 Å². The summed E-state index contributed by atoms with van der Waals surface area (Å²) in [5, 5.41) is 20.5. The first-order valence-electron chi connectivity index (χ1n) is 5.73. The van der Waals surface area contributed by atoms with Crippen molar-refractivity contribution in [2.75, 3.05) is 11.1 Å². The van der Waals surface area contributed by atoms with Crippen molar-refractivity contribution in [3.05, 3.63) is 18.3 Å². The number of rotatable bonds is 4. The van der Waals surface area contributed by atoms with E-state index in [0.29, 0.717) is 12.1 Å². The number of nitrogens with two attached hydrogens (primary N) is 1. The van der Waals surface area contributed by atoms with Gasteiger partial charge in [0, 0.05) is 11.4 Å². The third kappa shape index (κ3) is 2.68. The third-order valence-corrected chi connectivity index (χ3v) is 2.71. The number of nitrogens with zero attached hydrogens (tertiary/aromatic N) is 1. The average Bonchev–Trinajstić information content (AvgIpc) is 2.63. The first kappa shape index (κ1) is 11.7. The van der Waals surface area contributed by atoms with Gasteiger partial charge >= 0.3 is 0 Å². The molecule has 1 aromatic carbocycles. The molecule has 1 heterocycles. The Morgan fingerprint density at radius 2 is 2.24 bits per heavy atom. The van der Waals surface area contributed by atoms with Crippen molar-refractivity contribution in [1.29, 1.82) is 0 Å². The molecule has 92 valence electrons. The first-order valence-corrected chi connectivity index (χ1v) is 5.73. The summed E-state index contributed by atoms with van der Waals surface area (Å²) in [6.07, 6.45) is 2.10. The van der Waals surface area contributed by atoms with Gasteiger partial charge in [0.2, 0.25) is 0 Å². The maximum Gasteiger partial charge on any atom is 0.0672 e. The van der Waals surface area contributed by atoms with Gasteiger partial charge in [-0.2, -0.15) is 5.10 Å². The van der Waals surface area contributed by atoms with Crippen molar-refractivity contribution in [2.45, 2.75) is 32.4 Å². The second-order valence-electron chi connectivity index (χ2n) is 4.53. The molecule has 2 rings (SSSR count). The lowest BCUT2D eigenvalue weighted by molar-refractivity contribution is 0.179. The van der Waals surface area contributed by atoms with Crippen LogP contribution >= 0.6 is 0 Å². The van der Waals surface area contributed by atoms with Crippen LogP contribution in [0.15, 0.2) is 18.3 Å². The van der Waals surface area contributed by atoms with E-state index < -0.39 is 0 Å². The molecular weight excluding hydrogens is 216 g/mol. The van der Waals surface area contributed by atoms with Gasteiger partial charge in [0.1, 0.15) is 0 Å². The summed E-state index contributed by atoms with van der Waals surface area (Å²) in [4.78, 5) is 0. The molecule has 0 spiro atoms. The standard InChI is InChI=1S/C12H18N4O/c1-7(3-8(2)17)15-12-5-11-9(4-10(12)13)6-14-16-11/h4-8,15,17H,3,13H2,1-2H3,(H,14,16). The molecule has 0 aliphatic heterocycles. The largest absolute Gasteiger partial charge is 0.397 e. The number of benzene rings is 1. The number of aliphatic hydroxyl groups is 1. The molecule has 5 N–H and O–H groups in total. The van der Waals surface area contributed by atoms with Gasteiger partial charge in [0.05, 0.1) is 29.2 Å². The van der Waals surface area contributed by atoms with Crippen molar-refractivity contribution >= 4 is 22.3 Å². The lowest BCUT2D eigenvalue weighted by Crippen LogP contribution is -2.21. The van der Waals surface area contributed by atoms with Crippen LogP contribution in [-0.4, -0.2) is 27.4 Å². The molecule has 0 amide bonds. The fraction of sp³-hybridized carbons (Fsp3) is 0.417. The molecule has 5 heteroatoms. The topological polar surface area (TPSA) is 87.0 Å². The van der Waals surface area contributed by atoms with E-state index in [1.165, 1.54) is 0 Å². The van der Waals surface area contributed by atoms with Gasteiger partial charge in [-0.3, -0.25) is 5.10 Å². The Hall–Kier alpha value is -1.75. The average molecular weight is 234 g/mol. The second kappa shape index (κ2) is 4.63. The van der Waals surface area contributed by atoms with E-state index in [1.54, 1.807) is 13.1 Å². The lowest BCUT2D eigenvalue weighted by atomic mass is 10.1. The number of hydrogen-bond acceptors (Lipinski definition) is 4. The summed E-state index contributed by atoms with van der Waals surface area (Å²) >= 11 is 0. The maximum absolute atomic E-state index is 9.32. The lowest BCUT2D eigenvalue weighted by Gasteiger charge is -2.18. The van der Waals surface area contributed by atoms with E-state index in [9.17, 15) is 5.11 Å². The van der Waals surface area contributed by atoms with Gasteiger partial charge in [-0.1, -0.05) is 0 Å². The van der Waals surface area contributed by atoms with Crippen LogP contribution < -0.4 is 11.1 Å². The Labute approximate surface area is 100 Å². The number of nitrogens with one attached hydrogen (secondary N) is 2. The van der Waals surface area contributed by atoms with Crippen LogP contribution in [0.3, 0.4) is 0 Å². The molecule has 0 saturated carbocycles. The molecule has 1 aromatic heterocycles. The van der Waals surface area contributed by atoms with Crippen molar-refractivity contribution in [1.82, 2.24) is 10.2 Å². The maximum atomic E-state index is 9.32. The molecule has 0 radical (unpaired) electrons. The van der Waals surface area contributed by atoms with Crippen molar-refractivity contribution < 1.29 is 5.11 Å². The molecule has 0 aliphatic carbocycles. The highest BCUT2D eigenvalue weighted by atomic mass is 16.3. The second-order valence-corrected chi connectivity index (χ2v) is 4.53. The minimum absolute atomic E-state index is 0.165. The van der Waals surface area contributed by atoms with Crippen molar-refractivity contribution in [3.63, 3.8) is 0 Å². The van der Waals surface area contributed by atoms with Gasteiger partial charge in [0.25, 0.3) is 0 Å². The smallest absolute Gasteiger partial charge is 0.0672 e. The van der Waals surface area contributed by atoms with Crippen LogP contribution in [0.1, 0.15) is 20.3 Å². The van der Waals surface area contributed by atoms with E-state index in [2.05, 4.69) is 15.5 Å². The quantitative estimate of drug-likeness (QED) is 0.607. The molecular formula is C12H18N4O. The van der Waals surface area contributed by atoms with Crippen LogP contribution in [0.25, 0.3) is 10.9 Å². The Bertz CT molecular complexity index is 506. The van der Waals surface area contributed by atoms with E-state index in [1.807, 2.05) is 19.1 Å². The highest BCUT2D eigenvalue weighted by molar-refractivity contribution is 5.88. The molecule has 2 unspecified atom stereocenters. The fourth-order valence-corrected chi connectivity index (χ4v) is 1.97. The monoisotopic (exact) mass is 234 g/mol. The Balaban J connectivity index is 2.19. The molecule has 0 saturated heterocycles. The summed E-state index contributed by atoms with van der Waals surface area (Å²) in [6.45, 7) is 3.79. The third-order valence-electron chi connectivity index (χ3n) is 2.71. The fourth-order valence-electron chi connectivity index (χ4n) is 1.97. The highest BCUT2D eigenvalue weighted by Crippen LogP contribution is 2.25. The number of nitrogen functional groups attached to an aromatic ring is 1. The van der Waals surface area contributed by atoms with Crippen molar-refractivity contribution in [3.8, 4) is 0 Å². The summed E-state index contributed by atoms with van der Waals surface area (Å²) in [5.74, 6) is 0. The predicted molar refractivity (Wildman–Crippen MR) is 69.9 cm³/mol. The normalized spacial score (nSPS) is 14.8. The molecule has 2 aromatic rings. The molecule has 2 atom stereocenters. The SMILES string of the molecule is CC(O)CC(C)Nc1cc2[nH]ncc2cc1N. The van der Waals surface area contributed by atoms with E-state index in [-0.39, 0.29) is 12.1 Å². The number of hydrogen-bond donors (Lipinski definition) is 4. The molecule has 0 fully saturated rings. The van der Waals surface area contributed by atoms with E-state index in [4.69, 9.17) is 5.73 Å². The van der Waals surface area contributed by atoms with Gasteiger partial charge in [-0.25, -0.2) is 0 Å². The number of H-pyrrole nitrogens is 1. The van der Waals surface area contributed by atoms with Gasteiger partial charge in [-0.05, 0) is 32.4 Å². The summed E-state index contributed by atoms with van der Waals surface area (Å²) < 4.78 is 0. The Morgan fingerprint density at radius 3 is 2.94 bits per heavy atom. The molecule has 5 nitrogen and oxygen atoms in total. The molecule has 0 aliphatic rings. The van der Waals surface area contributed by atoms with Gasteiger partial charge < -0.3 is 16.2 Å². The number of fused-ring (bicyclic) bond motifs is 1. The molecule has 17 heavy (non-hydrogen) atoms. The van der Waals surface area contributed by atoms with Gasteiger partial charge in [-0.15, -0.1) is 0 Å². The minimum atomic E-state index is -0.324. The first-order chi connectivity index (χ1) is 8.06. The van der Waals surface area contributed by atoms with Gasteiger partial charge in [0.15, 0.2) is 0 Å². The summed E-state index contributed by atoms with van der Waals surface area (Å²) in [5.41, 5.74) is 8.47. The number of aliphatic hydroxyl groups excluding tert-OH is 1. The minimum Gasteiger partial charge on any atom is -0.397 e. The summed E-state index contributed by atoms with van der Waals surface area (Å²) in [6, 6.07) is 3.99. The van der Waals surface area contributed by atoms with Crippen molar-refractivity contribution in [2.24, 2.45) is 0 Å². The predicted octanol–water partition coefficient (Wildman–Crippen LogP) is 1.72. The molecule has 0 bridgehead atoms. The number of aromatic nitrogens is 2. The zero-order valence-electron chi connectivity index (χ0n) is 10.1. The zero-order chi connectivity index (χ0) is 12.4. The van der Waals surface area contributed by atoms with Crippen LogP contribution in [0.5, 0.6) is 0 Å².